The smallest absolute Gasteiger partial charge is 0.121 e. The Morgan fingerprint density at radius 2 is 2.04 bits per heavy atom. The van der Waals surface area contributed by atoms with Crippen LogP contribution in [0, 0.1) is 0 Å². The minimum atomic E-state index is 0.207. The lowest BCUT2D eigenvalue weighted by molar-refractivity contribution is 0.376. The highest BCUT2D eigenvalue weighted by Crippen LogP contribution is 2.43. The van der Waals surface area contributed by atoms with E-state index >= 15 is 0 Å². The van der Waals surface area contributed by atoms with E-state index in [1.54, 1.807) is 7.11 Å². The SMILES string of the molecule is CCCN1c2ccc(C=Nc3cccc(OC)c3)cc2C(C)CC1(C)C. The van der Waals surface area contributed by atoms with Crippen molar-refractivity contribution in [3.8, 4) is 5.75 Å². The quantitative estimate of drug-likeness (QED) is 0.623. The fourth-order valence-corrected chi connectivity index (χ4v) is 4.08. The van der Waals surface area contributed by atoms with E-state index in [1.165, 1.54) is 17.7 Å². The molecule has 0 spiro atoms. The summed E-state index contributed by atoms with van der Waals surface area (Å²) >= 11 is 0. The number of benzene rings is 2. The van der Waals surface area contributed by atoms with Crippen LogP contribution in [-0.2, 0) is 0 Å². The molecule has 0 radical (unpaired) electrons. The van der Waals surface area contributed by atoms with E-state index in [4.69, 9.17) is 4.74 Å². The molecule has 1 aliphatic heterocycles. The lowest BCUT2D eigenvalue weighted by atomic mass is 9.79. The van der Waals surface area contributed by atoms with Gasteiger partial charge < -0.3 is 9.64 Å². The van der Waals surface area contributed by atoms with Crippen molar-refractivity contribution in [2.24, 2.45) is 4.99 Å². The number of fused-ring (bicyclic) bond motifs is 1. The van der Waals surface area contributed by atoms with Crippen molar-refractivity contribution < 1.29 is 4.74 Å². The minimum Gasteiger partial charge on any atom is -0.497 e. The van der Waals surface area contributed by atoms with Gasteiger partial charge in [-0.15, -0.1) is 0 Å². The third-order valence-electron chi connectivity index (χ3n) is 5.27. The van der Waals surface area contributed by atoms with E-state index in [-0.39, 0.29) is 5.54 Å². The average molecular weight is 351 g/mol. The zero-order valence-electron chi connectivity index (χ0n) is 16.6. The van der Waals surface area contributed by atoms with Crippen LogP contribution in [0.15, 0.2) is 47.5 Å². The summed E-state index contributed by atoms with van der Waals surface area (Å²) in [5.41, 5.74) is 5.08. The molecule has 0 bridgehead atoms. The van der Waals surface area contributed by atoms with E-state index in [0.29, 0.717) is 5.92 Å². The zero-order valence-corrected chi connectivity index (χ0v) is 16.6. The van der Waals surface area contributed by atoms with Gasteiger partial charge in [0.05, 0.1) is 12.8 Å². The topological polar surface area (TPSA) is 24.8 Å². The first kappa shape index (κ1) is 18.5. The van der Waals surface area contributed by atoms with Crippen molar-refractivity contribution in [3.05, 3.63) is 53.6 Å². The van der Waals surface area contributed by atoms with Crippen LogP contribution in [0.25, 0.3) is 0 Å². The second-order valence-corrected chi connectivity index (χ2v) is 7.85. The Hall–Kier alpha value is -2.29. The standard InChI is InChI=1S/C23H30N2O/c1-6-12-25-22-11-10-18(13-21(22)17(2)15-23(25,3)4)16-24-19-8-7-9-20(14-19)26-5/h7-11,13-14,16-17H,6,12,15H2,1-5H3. The molecule has 3 heteroatoms. The van der Waals surface area contributed by atoms with Crippen molar-refractivity contribution in [2.75, 3.05) is 18.6 Å². The third-order valence-corrected chi connectivity index (χ3v) is 5.27. The molecule has 0 aliphatic carbocycles. The lowest BCUT2D eigenvalue weighted by Gasteiger charge is -2.47. The van der Waals surface area contributed by atoms with Crippen molar-refractivity contribution >= 4 is 17.6 Å². The predicted octanol–water partition coefficient (Wildman–Crippen LogP) is 5.95. The number of hydrogen-bond acceptors (Lipinski definition) is 3. The molecule has 1 aliphatic rings. The van der Waals surface area contributed by atoms with E-state index in [1.807, 2.05) is 30.5 Å². The molecule has 2 aromatic rings. The Labute approximate surface area is 157 Å². The molecule has 0 N–H and O–H groups in total. The molecule has 0 aromatic heterocycles. The summed E-state index contributed by atoms with van der Waals surface area (Å²) in [5.74, 6) is 1.38. The van der Waals surface area contributed by atoms with Gasteiger partial charge in [-0.2, -0.15) is 0 Å². The number of aliphatic imine (C=N–C) groups is 1. The second kappa shape index (κ2) is 7.53. The Kier molecular flexibility index (Phi) is 5.36. The fourth-order valence-electron chi connectivity index (χ4n) is 4.08. The highest BCUT2D eigenvalue weighted by atomic mass is 16.5. The molecule has 26 heavy (non-hydrogen) atoms. The summed E-state index contributed by atoms with van der Waals surface area (Å²) in [4.78, 5) is 7.20. The first-order valence-corrected chi connectivity index (χ1v) is 9.54. The number of hydrogen-bond donors (Lipinski definition) is 0. The van der Waals surface area contributed by atoms with Gasteiger partial charge in [0.1, 0.15) is 5.75 Å². The number of methoxy groups -OCH3 is 1. The summed E-state index contributed by atoms with van der Waals surface area (Å²) in [6.45, 7) is 10.4. The molecular weight excluding hydrogens is 320 g/mol. The number of nitrogens with zero attached hydrogens (tertiary/aromatic N) is 2. The molecule has 0 saturated heterocycles. The Morgan fingerprint density at radius 1 is 1.23 bits per heavy atom. The molecule has 2 aromatic carbocycles. The first-order valence-electron chi connectivity index (χ1n) is 9.54. The van der Waals surface area contributed by atoms with Gasteiger partial charge in [0.2, 0.25) is 0 Å². The van der Waals surface area contributed by atoms with Gasteiger partial charge in [0.25, 0.3) is 0 Å². The van der Waals surface area contributed by atoms with Crippen molar-refractivity contribution in [3.63, 3.8) is 0 Å². The molecule has 1 heterocycles. The largest absolute Gasteiger partial charge is 0.497 e. The molecule has 0 saturated carbocycles. The first-order chi connectivity index (χ1) is 12.4. The van der Waals surface area contributed by atoms with Crippen LogP contribution < -0.4 is 9.64 Å². The normalized spacial score (nSPS) is 18.8. The zero-order chi connectivity index (χ0) is 18.7. The summed E-state index contributed by atoms with van der Waals surface area (Å²) in [5, 5.41) is 0. The predicted molar refractivity (Wildman–Crippen MR) is 111 cm³/mol. The maximum atomic E-state index is 5.27. The monoisotopic (exact) mass is 350 g/mol. The summed E-state index contributed by atoms with van der Waals surface area (Å²) in [7, 11) is 1.68. The van der Waals surface area contributed by atoms with E-state index in [9.17, 15) is 0 Å². The van der Waals surface area contributed by atoms with Gasteiger partial charge in [0.15, 0.2) is 0 Å². The van der Waals surface area contributed by atoms with Crippen LogP contribution in [0.2, 0.25) is 0 Å². The van der Waals surface area contributed by atoms with Gasteiger partial charge in [-0.3, -0.25) is 4.99 Å². The lowest BCUT2D eigenvalue weighted by Crippen LogP contribution is -2.48. The fraction of sp³-hybridized carbons (Fsp3) is 0.435. The van der Waals surface area contributed by atoms with Crippen LogP contribution in [0.5, 0.6) is 5.75 Å². The molecule has 3 nitrogen and oxygen atoms in total. The van der Waals surface area contributed by atoms with Crippen molar-refractivity contribution in [2.45, 2.75) is 52.0 Å². The van der Waals surface area contributed by atoms with E-state index in [2.05, 4.69) is 55.8 Å². The summed E-state index contributed by atoms with van der Waals surface area (Å²) < 4.78 is 5.27. The highest BCUT2D eigenvalue weighted by molar-refractivity contribution is 5.84. The Balaban J connectivity index is 1.90. The van der Waals surface area contributed by atoms with Gasteiger partial charge in [-0.25, -0.2) is 0 Å². The highest BCUT2D eigenvalue weighted by Gasteiger charge is 2.35. The maximum absolute atomic E-state index is 5.27. The van der Waals surface area contributed by atoms with Crippen LogP contribution in [0.3, 0.4) is 0 Å². The molecule has 1 unspecified atom stereocenters. The van der Waals surface area contributed by atoms with Gasteiger partial charge in [0, 0.05) is 30.1 Å². The van der Waals surface area contributed by atoms with Crippen molar-refractivity contribution in [1.82, 2.24) is 0 Å². The third kappa shape index (κ3) is 3.77. The van der Waals surface area contributed by atoms with Gasteiger partial charge >= 0.3 is 0 Å². The average Bonchev–Trinajstić information content (AvgIpc) is 2.63. The molecule has 1 atom stereocenters. The van der Waals surface area contributed by atoms with Gasteiger partial charge in [-0.05, 0) is 68.0 Å². The summed E-state index contributed by atoms with van der Waals surface area (Å²) in [6, 6.07) is 14.6. The van der Waals surface area contributed by atoms with Crippen LogP contribution >= 0.6 is 0 Å². The van der Waals surface area contributed by atoms with Crippen LogP contribution in [0.1, 0.15) is 57.6 Å². The molecule has 3 rings (SSSR count). The molecule has 0 amide bonds. The van der Waals surface area contributed by atoms with Crippen molar-refractivity contribution in [1.29, 1.82) is 0 Å². The second-order valence-electron chi connectivity index (χ2n) is 7.85. The number of ether oxygens (including phenoxy) is 1. The Bertz CT molecular complexity index is 795. The maximum Gasteiger partial charge on any atom is 0.121 e. The Morgan fingerprint density at radius 3 is 2.77 bits per heavy atom. The molecular formula is C23H30N2O. The van der Waals surface area contributed by atoms with E-state index in [0.717, 1.165) is 30.0 Å². The van der Waals surface area contributed by atoms with E-state index < -0.39 is 0 Å². The molecule has 0 fully saturated rings. The van der Waals surface area contributed by atoms with Crippen LogP contribution in [0.4, 0.5) is 11.4 Å². The number of rotatable bonds is 5. The van der Waals surface area contributed by atoms with Gasteiger partial charge in [-0.1, -0.05) is 26.0 Å². The molecule has 138 valence electrons. The summed E-state index contributed by atoms with van der Waals surface area (Å²) in [6.07, 6.45) is 4.29. The number of anilines is 1. The van der Waals surface area contributed by atoms with Crippen LogP contribution in [-0.4, -0.2) is 25.4 Å². The minimum absolute atomic E-state index is 0.207.